The van der Waals surface area contributed by atoms with Crippen LogP contribution in [0, 0.1) is 6.92 Å². The Hall–Kier alpha value is -2.99. The summed E-state index contributed by atoms with van der Waals surface area (Å²) in [6, 6.07) is 18.3. The number of carbonyl (C=O) groups is 1. The molecule has 0 unspecified atom stereocenters. The van der Waals surface area contributed by atoms with Crippen LogP contribution >= 0.6 is 0 Å². The van der Waals surface area contributed by atoms with Gasteiger partial charge in [0.05, 0.1) is 13.0 Å². The van der Waals surface area contributed by atoms with Crippen molar-refractivity contribution in [3.63, 3.8) is 0 Å². The van der Waals surface area contributed by atoms with Gasteiger partial charge in [0.2, 0.25) is 11.8 Å². The van der Waals surface area contributed by atoms with E-state index in [0.717, 1.165) is 31.7 Å². The summed E-state index contributed by atoms with van der Waals surface area (Å²) in [4.78, 5) is 21.3. The molecule has 0 N–H and O–H groups in total. The van der Waals surface area contributed by atoms with E-state index in [1.807, 2.05) is 35.2 Å². The molecule has 0 atom stereocenters. The lowest BCUT2D eigenvalue weighted by molar-refractivity contribution is -0.132. The highest BCUT2D eigenvalue weighted by Crippen LogP contribution is 2.12. The zero-order valence-corrected chi connectivity index (χ0v) is 16.8. The van der Waals surface area contributed by atoms with Crippen LogP contribution < -0.4 is 0 Å². The Morgan fingerprint density at radius 1 is 0.966 bits per heavy atom. The maximum Gasteiger partial charge on any atom is 0.240 e. The quantitative estimate of drug-likeness (QED) is 0.648. The second kappa shape index (κ2) is 9.01. The molecule has 2 aromatic carbocycles. The fraction of sp³-hybridized carbons (Fsp3) is 0.348. The van der Waals surface area contributed by atoms with Crippen molar-refractivity contribution in [1.82, 2.24) is 19.9 Å². The molecule has 2 heterocycles. The van der Waals surface area contributed by atoms with Gasteiger partial charge < -0.3 is 9.42 Å². The molecule has 1 saturated heterocycles. The van der Waals surface area contributed by atoms with Crippen molar-refractivity contribution < 1.29 is 9.32 Å². The maximum absolute atomic E-state index is 12.6. The highest BCUT2D eigenvalue weighted by molar-refractivity contribution is 5.78. The van der Waals surface area contributed by atoms with E-state index < -0.39 is 0 Å². The molecule has 1 fully saturated rings. The van der Waals surface area contributed by atoms with Crippen LogP contribution in [-0.2, 0) is 24.2 Å². The third-order valence-corrected chi connectivity index (χ3v) is 5.28. The molecular formula is C23H26N4O2. The molecule has 6 heteroatoms. The third-order valence-electron chi connectivity index (χ3n) is 5.28. The summed E-state index contributed by atoms with van der Waals surface area (Å²) in [6.45, 7) is 5.78. The number of amides is 1. The minimum Gasteiger partial charge on any atom is -0.340 e. The Balaban J connectivity index is 1.24. The van der Waals surface area contributed by atoms with Crippen LogP contribution in [0.1, 0.15) is 28.4 Å². The second-order valence-electron chi connectivity index (χ2n) is 7.59. The molecule has 1 aliphatic rings. The van der Waals surface area contributed by atoms with Crippen LogP contribution in [0.25, 0.3) is 0 Å². The predicted octanol–water partition coefficient (Wildman–Crippen LogP) is 2.86. The third kappa shape index (κ3) is 5.29. The van der Waals surface area contributed by atoms with Crippen LogP contribution in [-0.4, -0.2) is 52.0 Å². The fourth-order valence-electron chi connectivity index (χ4n) is 3.54. The van der Waals surface area contributed by atoms with Gasteiger partial charge in [-0.2, -0.15) is 4.98 Å². The van der Waals surface area contributed by atoms with Crippen LogP contribution in [0.2, 0.25) is 0 Å². The minimum atomic E-state index is 0.191. The molecule has 0 aliphatic carbocycles. The van der Waals surface area contributed by atoms with Crippen LogP contribution in [0.4, 0.5) is 0 Å². The van der Waals surface area contributed by atoms with E-state index in [0.29, 0.717) is 31.1 Å². The molecule has 4 rings (SSSR count). The van der Waals surface area contributed by atoms with Gasteiger partial charge >= 0.3 is 0 Å². The van der Waals surface area contributed by atoms with Crippen molar-refractivity contribution in [1.29, 1.82) is 0 Å². The van der Waals surface area contributed by atoms with E-state index in [2.05, 4.69) is 46.2 Å². The number of piperazine rings is 1. The van der Waals surface area contributed by atoms with Gasteiger partial charge in [0.25, 0.3) is 0 Å². The van der Waals surface area contributed by atoms with E-state index in [1.54, 1.807) is 0 Å². The first-order valence-electron chi connectivity index (χ1n) is 10.1. The van der Waals surface area contributed by atoms with Gasteiger partial charge in [0.1, 0.15) is 0 Å². The highest BCUT2D eigenvalue weighted by atomic mass is 16.5. The lowest BCUT2D eigenvalue weighted by Gasteiger charge is -2.34. The molecule has 0 saturated carbocycles. The number of rotatable bonds is 6. The number of nitrogens with zero attached hydrogens (tertiary/aromatic N) is 4. The summed E-state index contributed by atoms with van der Waals surface area (Å²) in [5, 5.41) is 4.10. The lowest BCUT2D eigenvalue weighted by atomic mass is 10.1. The van der Waals surface area contributed by atoms with Crippen molar-refractivity contribution in [2.24, 2.45) is 0 Å². The highest BCUT2D eigenvalue weighted by Gasteiger charge is 2.22. The first-order valence-corrected chi connectivity index (χ1v) is 10.1. The normalized spacial score (nSPS) is 14.9. The topological polar surface area (TPSA) is 62.5 Å². The summed E-state index contributed by atoms with van der Waals surface area (Å²) >= 11 is 0. The molecule has 6 nitrogen and oxygen atoms in total. The lowest BCUT2D eigenvalue weighted by Crippen LogP contribution is -2.48. The smallest absolute Gasteiger partial charge is 0.240 e. The van der Waals surface area contributed by atoms with Gasteiger partial charge in [-0.05, 0) is 18.1 Å². The second-order valence-corrected chi connectivity index (χ2v) is 7.59. The van der Waals surface area contributed by atoms with Gasteiger partial charge in [0, 0.05) is 32.6 Å². The molecule has 0 spiro atoms. The van der Waals surface area contributed by atoms with Crippen LogP contribution in [0.3, 0.4) is 0 Å². The first kappa shape index (κ1) is 19.3. The first-order chi connectivity index (χ1) is 14.2. The Kier molecular flexibility index (Phi) is 6.00. The standard InChI is InChI=1S/C23H26N4O2/c1-18-7-9-20(10-8-18)16-23(28)27-13-11-26(12-14-27)17-22-24-21(25-29-22)15-19-5-3-2-4-6-19/h2-10H,11-17H2,1H3. The van der Waals surface area contributed by atoms with Crippen molar-refractivity contribution >= 4 is 5.91 Å². The van der Waals surface area contributed by atoms with Gasteiger partial charge in [-0.25, -0.2) is 0 Å². The average molecular weight is 390 g/mol. The van der Waals surface area contributed by atoms with E-state index in [9.17, 15) is 4.79 Å². The molecule has 1 aromatic heterocycles. The Morgan fingerprint density at radius 2 is 1.69 bits per heavy atom. The van der Waals surface area contributed by atoms with Crippen molar-refractivity contribution in [3.05, 3.63) is 83.0 Å². The molecule has 0 radical (unpaired) electrons. The fourth-order valence-corrected chi connectivity index (χ4v) is 3.54. The van der Waals surface area contributed by atoms with Crippen LogP contribution in [0.15, 0.2) is 59.1 Å². The summed E-state index contributed by atoms with van der Waals surface area (Å²) in [6.07, 6.45) is 1.14. The van der Waals surface area contributed by atoms with E-state index in [1.165, 1.54) is 11.1 Å². The molecule has 1 aliphatic heterocycles. The number of aryl methyl sites for hydroxylation is 1. The predicted molar refractivity (Wildman–Crippen MR) is 110 cm³/mol. The van der Waals surface area contributed by atoms with Gasteiger partial charge in [-0.15, -0.1) is 0 Å². The van der Waals surface area contributed by atoms with E-state index in [-0.39, 0.29) is 5.91 Å². The number of hydrogen-bond acceptors (Lipinski definition) is 5. The van der Waals surface area contributed by atoms with Gasteiger partial charge in [-0.1, -0.05) is 65.3 Å². The molecule has 0 bridgehead atoms. The monoisotopic (exact) mass is 390 g/mol. The number of aromatic nitrogens is 2. The van der Waals surface area contributed by atoms with Crippen molar-refractivity contribution in [2.75, 3.05) is 26.2 Å². The molecule has 3 aromatic rings. The SMILES string of the molecule is Cc1ccc(CC(=O)N2CCN(Cc3nc(Cc4ccccc4)no3)CC2)cc1. The Bertz CT molecular complexity index is 929. The summed E-state index contributed by atoms with van der Waals surface area (Å²) in [5.74, 6) is 1.53. The summed E-state index contributed by atoms with van der Waals surface area (Å²) in [5.41, 5.74) is 3.45. The number of carbonyl (C=O) groups excluding carboxylic acids is 1. The van der Waals surface area contributed by atoms with E-state index in [4.69, 9.17) is 4.52 Å². The number of hydrogen-bond donors (Lipinski definition) is 0. The molecular weight excluding hydrogens is 364 g/mol. The zero-order valence-electron chi connectivity index (χ0n) is 16.8. The van der Waals surface area contributed by atoms with Crippen LogP contribution in [0.5, 0.6) is 0 Å². The summed E-state index contributed by atoms with van der Waals surface area (Å²) in [7, 11) is 0. The van der Waals surface area contributed by atoms with E-state index >= 15 is 0 Å². The minimum absolute atomic E-state index is 0.191. The van der Waals surface area contributed by atoms with Crippen molar-refractivity contribution in [2.45, 2.75) is 26.3 Å². The largest absolute Gasteiger partial charge is 0.340 e. The Labute approximate surface area is 171 Å². The summed E-state index contributed by atoms with van der Waals surface area (Å²) < 4.78 is 5.42. The zero-order chi connectivity index (χ0) is 20.1. The van der Waals surface area contributed by atoms with Gasteiger partial charge in [-0.3, -0.25) is 9.69 Å². The molecule has 150 valence electrons. The maximum atomic E-state index is 12.6. The van der Waals surface area contributed by atoms with Gasteiger partial charge in [0.15, 0.2) is 5.82 Å². The van der Waals surface area contributed by atoms with Crippen molar-refractivity contribution in [3.8, 4) is 0 Å². The molecule has 29 heavy (non-hydrogen) atoms. The average Bonchev–Trinajstić information content (AvgIpc) is 3.17. The number of benzene rings is 2. The molecule has 1 amide bonds. The Morgan fingerprint density at radius 3 is 2.41 bits per heavy atom.